The molecule has 3 aromatic rings. The van der Waals surface area contributed by atoms with Crippen LogP contribution in [0.25, 0.3) is 16.5 Å². The van der Waals surface area contributed by atoms with Gasteiger partial charge in [0.05, 0.1) is 10.4 Å². The molecule has 0 unspecified atom stereocenters. The van der Waals surface area contributed by atoms with Crippen molar-refractivity contribution < 1.29 is 8.42 Å². The molecule has 0 spiro atoms. The molecule has 6 heteroatoms. The highest BCUT2D eigenvalue weighted by atomic mass is 32.2. The van der Waals surface area contributed by atoms with Crippen LogP contribution in [0.1, 0.15) is 24.8 Å². The van der Waals surface area contributed by atoms with E-state index >= 15 is 0 Å². The molecule has 2 aromatic carbocycles. The molecule has 3 heterocycles. The van der Waals surface area contributed by atoms with Gasteiger partial charge in [0.25, 0.3) is 10.0 Å². The fourth-order valence-electron chi connectivity index (χ4n) is 4.55. The van der Waals surface area contributed by atoms with Crippen LogP contribution in [0, 0.1) is 0 Å². The zero-order valence-corrected chi connectivity index (χ0v) is 18.1. The molecule has 0 N–H and O–H groups in total. The van der Waals surface area contributed by atoms with E-state index in [1.807, 2.05) is 48.7 Å². The Kier molecular flexibility index (Phi) is 4.91. The van der Waals surface area contributed by atoms with Gasteiger partial charge >= 0.3 is 0 Å². The number of hydrogen-bond acceptors (Lipinski definition) is 4. The topological polar surface area (TPSA) is 45.6 Å². The van der Waals surface area contributed by atoms with Crippen LogP contribution in [-0.4, -0.2) is 50.5 Å². The zero-order valence-electron chi connectivity index (χ0n) is 17.3. The lowest BCUT2D eigenvalue weighted by Crippen LogP contribution is -2.23. The lowest BCUT2D eigenvalue weighted by Gasteiger charge is -2.21. The Morgan fingerprint density at radius 1 is 0.933 bits per heavy atom. The standard InChI is InChI=1S/C24H27N3O2S/c1-25-15-11-19(12-16-25)23-18-27(24-10-3-2-9-22(23)24)30(28,29)21-8-6-7-20(17-21)26-13-4-5-14-26/h2-3,6-11,17-18H,4-5,12-16H2,1H3. The van der Waals surface area contributed by atoms with Crippen LogP contribution >= 0.6 is 0 Å². The highest BCUT2D eigenvalue weighted by Gasteiger charge is 2.24. The van der Waals surface area contributed by atoms with Gasteiger partial charge < -0.3 is 9.80 Å². The second kappa shape index (κ2) is 7.60. The number of nitrogens with zero attached hydrogens (tertiary/aromatic N) is 3. The van der Waals surface area contributed by atoms with Crippen molar-refractivity contribution in [1.29, 1.82) is 0 Å². The summed E-state index contributed by atoms with van der Waals surface area (Å²) < 4.78 is 28.8. The number of likely N-dealkylation sites (N-methyl/N-ethyl adjacent to an activating group) is 1. The summed E-state index contributed by atoms with van der Waals surface area (Å²) in [6.45, 7) is 3.85. The Balaban J connectivity index is 1.62. The number of anilines is 1. The predicted octanol–water partition coefficient (Wildman–Crippen LogP) is 4.20. The van der Waals surface area contributed by atoms with Crippen LogP contribution in [0.5, 0.6) is 0 Å². The lowest BCUT2D eigenvalue weighted by atomic mass is 9.99. The third kappa shape index (κ3) is 3.34. The zero-order chi connectivity index (χ0) is 20.7. The van der Waals surface area contributed by atoms with E-state index in [9.17, 15) is 8.42 Å². The van der Waals surface area contributed by atoms with Crippen LogP contribution in [0.3, 0.4) is 0 Å². The molecule has 1 aromatic heterocycles. The maximum atomic E-state index is 13.7. The first-order valence-electron chi connectivity index (χ1n) is 10.6. The maximum Gasteiger partial charge on any atom is 0.268 e. The number of rotatable bonds is 4. The van der Waals surface area contributed by atoms with Crippen molar-refractivity contribution in [3.05, 3.63) is 66.4 Å². The molecule has 0 aliphatic carbocycles. The minimum atomic E-state index is -3.69. The molecule has 2 aliphatic heterocycles. The molecule has 5 nitrogen and oxygen atoms in total. The molecule has 156 valence electrons. The summed E-state index contributed by atoms with van der Waals surface area (Å²) in [6.07, 6.45) is 7.28. The molecule has 0 saturated carbocycles. The summed E-state index contributed by atoms with van der Waals surface area (Å²) in [5, 5.41) is 0.993. The molecular formula is C24H27N3O2S. The largest absolute Gasteiger partial charge is 0.371 e. The summed E-state index contributed by atoms with van der Waals surface area (Å²) >= 11 is 0. The van der Waals surface area contributed by atoms with Crippen LogP contribution in [-0.2, 0) is 10.0 Å². The van der Waals surface area contributed by atoms with Crippen molar-refractivity contribution >= 4 is 32.2 Å². The van der Waals surface area contributed by atoms with Gasteiger partial charge in [-0.3, -0.25) is 0 Å². The van der Waals surface area contributed by atoms with E-state index in [1.54, 1.807) is 6.07 Å². The van der Waals surface area contributed by atoms with Gasteiger partial charge in [0, 0.05) is 49.0 Å². The van der Waals surface area contributed by atoms with Crippen LogP contribution in [0.15, 0.2) is 65.7 Å². The molecule has 5 rings (SSSR count). The molecule has 1 saturated heterocycles. The molecule has 0 radical (unpaired) electrons. The number of aromatic nitrogens is 1. The van der Waals surface area contributed by atoms with E-state index in [4.69, 9.17) is 0 Å². The number of para-hydroxylation sites is 1. The predicted molar refractivity (Wildman–Crippen MR) is 123 cm³/mol. The van der Waals surface area contributed by atoms with E-state index < -0.39 is 10.0 Å². The van der Waals surface area contributed by atoms with Crippen LogP contribution in [0.4, 0.5) is 5.69 Å². The van der Waals surface area contributed by atoms with Crippen LogP contribution < -0.4 is 4.90 Å². The summed E-state index contributed by atoms with van der Waals surface area (Å²) in [6, 6.07) is 15.2. The SMILES string of the molecule is CN1CC=C(c2cn(S(=O)(=O)c3cccc(N4CCCC4)c3)c3ccccc23)CC1. The fraction of sp³-hybridized carbons (Fsp3) is 0.333. The van der Waals surface area contributed by atoms with E-state index in [-0.39, 0.29) is 0 Å². The van der Waals surface area contributed by atoms with Gasteiger partial charge in [-0.05, 0) is 56.1 Å². The summed E-state index contributed by atoms with van der Waals surface area (Å²) in [4.78, 5) is 4.88. The van der Waals surface area contributed by atoms with E-state index in [0.717, 1.165) is 67.6 Å². The maximum absolute atomic E-state index is 13.7. The Hall–Kier alpha value is -2.57. The third-order valence-corrected chi connectivity index (χ3v) is 7.95. The quantitative estimate of drug-likeness (QED) is 0.633. The van der Waals surface area contributed by atoms with Gasteiger partial charge in [0.15, 0.2) is 0 Å². The third-order valence-electron chi connectivity index (χ3n) is 6.28. The molecule has 30 heavy (non-hydrogen) atoms. The van der Waals surface area contributed by atoms with Crippen molar-refractivity contribution in [3.8, 4) is 0 Å². The first kappa shape index (κ1) is 19.4. The van der Waals surface area contributed by atoms with Crippen molar-refractivity contribution in [3.63, 3.8) is 0 Å². The molecule has 0 amide bonds. The second-order valence-corrected chi connectivity index (χ2v) is 10.1. The summed E-state index contributed by atoms with van der Waals surface area (Å²) in [5.41, 5.74) is 3.98. The van der Waals surface area contributed by atoms with Gasteiger partial charge in [-0.1, -0.05) is 30.3 Å². The van der Waals surface area contributed by atoms with Crippen LogP contribution in [0.2, 0.25) is 0 Å². The highest BCUT2D eigenvalue weighted by Crippen LogP contribution is 2.33. The average Bonchev–Trinajstić information content (AvgIpc) is 3.43. The monoisotopic (exact) mass is 421 g/mol. The fourth-order valence-corrected chi connectivity index (χ4v) is 5.96. The molecule has 0 bridgehead atoms. The normalized spacial score (nSPS) is 18.2. The first-order valence-corrected chi connectivity index (χ1v) is 12.1. The van der Waals surface area contributed by atoms with Crippen molar-refractivity contribution in [2.24, 2.45) is 0 Å². The molecular weight excluding hydrogens is 394 g/mol. The Morgan fingerprint density at radius 3 is 2.50 bits per heavy atom. The van der Waals surface area contributed by atoms with Gasteiger partial charge in [0.1, 0.15) is 0 Å². The number of benzene rings is 2. The highest BCUT2D eigenvalue weighted by molar-refractivity contribution is 7.90. The first-order chi connectivity index (χ1) is 14.5. The van der Waals surface area contributed by atoms with Gasteiger partial charge in [-0.25, -0.2) is 12.4 Å². The smallest absolute Gasteiger partial charge is 0.268 e. The van der Waals surface area contributed by atoms with E-state index in [2.05, 4.69) is 22.9 Å². The Labute approximate surface area is 178 Å². The van der Waals surface area contributed by atoms with Crippen molar-refractivity contribution in [1.82, 2.24) is 8.87 Å². The Bertz CT molecular complexity index is 1220. The average molecular weight is 422 g/mol. The lowest BCUT2D eigenvalue weighted by molar-refractivity contribution is 0.370. The summed E-state index contributed by atoms with van der Waals surface area (Å²) in [5.74, 6) is 0. The second-order valence-electron chi connectivity index (χ2n) is 8.29. The van der Waals surface area contributed by atoms with Gasteiger partial charge in [-0.2, -0.15) is 0 Å². The van der Waals surface area contributed by atoms with E-state index in [1.165, 1.54) is 9.55 Å². The number of fused-ring (bicyclic) bond motifs is 1. The molecule has 0 atom stereocenters. The van der Waals surface area contributed by atoms with E-state index in [0.29, 0.717) is 4.90 Å². The molecule has 1 fully saturated rings. The van der Waals surface area contributed by atoms with Crippen molar-refractivity contribution in [2.45, 2.75) is 24.2 Å². The van der Waals surface area contributed by atoms with Gasteiger partial charge in [-0.15, -0.1) is 0 Å². The summed E-state index contributed by atoms with van der Waals surface area (Å²) in [7, 11) is -1.59. The number of hydrogen-bond donors (Lipinski definition) is 0. The minimum Gasteiger partial charge on any atom is -0.371 e. The van der Waals surface area contributed by atoms with Gasteiger partial charge in [0.2, 0.25) is 0 Å². The molecule has 2 aliphatic rings. The minimum absolute atomic E-state index is 0.344. The van der Waals surface area contributed by atoms with Crippen molar-refractivity contribution in [2.75, 3.05) is 38.1 Å². The Morgan fingerprint density at radius 2 is 1.73 bits per heavy atom.